The largest absolute Gasteiger partial charge is 0.504 e. The van der Waals surface area contributed by atoms with E-state index in [4.69, 9.17) is 0 Å². The lowest BCUT2D eigenvalue weighted by Gasteiger charge is -2.22. The molecule has 3 N–H and O–H groups in total. The van der Waals surface area contributed by atoms with Crippen molar-refractivity contribution in [2.24, 2.45) is 0 Å². The van der Waals surface area contributed by atoms with Gasteiger partial charge in [0.1, 0.15) is 5.82 Å². The smallest absolute Gasteiger partial charge is 0.254 e. The van der Waals surface area contributed by atoms with E-state index in [0.717, 1.165) is 17.7 Å². The van der Waals surface area contributed by atoms with E-state index in [0.29, 0.717) is 32.6 Å². The summed E-state index contributed by atoms with van der Waals surface area (Å²) in [6.07, 6.45) is 0.741. The monoisotopic (exact) mass is 388 g/mol. The van der Waals surface area contributed by atoms with Gasteiger partial charge in [-0.3, -0.25) is 9.59 Å². The molecule has 0 atom stereocenters. The Morgan fingerprint density at radius 2 is 1.46 bits per heavy atom. The number of nitrogens with zero attached hydrogens (tertiary/aromatic N) is 2. The van der Waals surface area contributed by atoms with Crippen LogP contribution in [0.2, 0.25) is 0 Å². The van der Waals surface area contributed by atoms with E-state index in [2.05, 4.69) is 0 Å². The number of rotatable bonds is 3. The molecule has 0 aliphatic carbocycles. The van der Waals surface area contributed by atoms with E-state index >= 15 is 0 Å². The maximum atomic E-state index is 13.0. The van der Waals surface area contributed by atoms with Crippen LogP contribution in [0.25, 0.3) is 0 Å². The van der Waals surface area contributed by atoms with Crippen molar-refractivity contribution >= 4 is 11.8 Å². The van der Waals surface area contributed by atoms with Crippen LogP contribution in [0.15, 0.2) is 36.4 Å². The number of benzene rings is 2. The molecule has 148 valence electrons. The molecular weight excluding hydrogens is 367 g/mol. The Balaban J connectivity index is 1.63. The van der Waals surface area contributed by atoms with Crippen molar-refractivity contribution in [3.8, 4) is 17.2 Å². The molecule has 0 radical (unpaired) electrons. The summed E-state index contributed by atoms with van der Waals surface area (Å²) < 4.78 is 13.0. The second-order valence-corrected chi connectivity index (χ2v) is 6.69. The Labute approximate surface area is 161 Å². The minimum atomic E-state index is -0.676. The van der Waals surface area contributed by atoms with Gasteiger partial charge in [-0.1, -0.05) is 12.1 Å². The average Bonchev–Trinajstić information content (AvgIpc) is 2.93. The standard InChI is InChI=1S/C20H21FN2O5/c21-15-4-2-13(3-5-15)10-18(26)22-6-1-7-23(9-8-22)20(28)14-11-16(24)19(27)17(25)12-14/h2-5,11-12,24-25,27H,1,6-10H2. The molecule has 0 saturated carbocycles. The first-order valence-electron chi connectivity index (χ1n) is 8.91. The summed E-state index contributed by atoms with van der Waals surface area (Å²) >= 11 is 0. The van der Waals surface area contributed by atoms with Gasteiger partial charge in [-0.2, -0.15) is 0 Å². The molecule has 8 heteroatoms. The van der Waals surface area contributed by atoms with Gasteiger partial charge in [0.15, 0.2) is 17.2 Å². The predicted molar refractivity (Wildman–Crippen MR) is 98.6 cm³/mol. The van der Waals surface area contributed by atoms with Gasteiger partial charge in [0, 0.05) is 31.7 Å². The van der Waals surface area contributed by atoms with Crippen molar-refractivity contribution < 1.29 is 29.3 Å². The van der Waals surface area contributed by atoms with Crippen molar-refractivity contribution in [2.75, 3.05) is 26.2 Å². The number of hydrogen-bond acceptors (Lipinski definition) is 5. The van der Waals surface area contributed by atoms with Gasteiger partial charge in [0.2, 0.25) is 5.91 Å². The Bertz CT molecular complexity index is 862. The van der Waals surface area contributed by atoms with Crippen LogP contribution in [-0.4, -0.2) is 63.1 Å². The molecule has 7 nitrogen and oxygen atoms in total. The van der Waals surface area contributed by atoms with Gasteiger partial charge in [-0.05, 0) is 36.2 Å². The molecule has 2 aromatic rings. The first-order chi connectivity index (χ1) is 13.3. The molecule has 1 fully saturated rings. The second-order valence-electron chi connectivity index (χ2n) is 6.69. The van der Waals surface area contributed by atoms with Crippen LogP contribution < -0.4 is 0 Å². The summed E-state index contributed by atoms with van der Waals surface area (Å²) in [6, 6.07) is 7.97. The van der Waals surface area contributed by atoms with Crippen LogP contribution in [0.4, 0.5) is 4.39 Å². The van der Waals surface area contributed by atoms with E-state index < -0.39 is 23.2 Å². The van der Waals surface area contributed by atoms with Crippen molar-refractivity contribution in [3.05, 3.63) is 53.3 Å². The quantitative estimate of drug-likeness (QED) is 0.697. The minimum Gasteiger partial charge on any atom is -0.504 e. The van der Waals surface area contributed by atoms with E-state index in [-0.39, 0.29) is 23.7 Å². The van der Waals surface area contributed by atoms with E-state index in [1.165, 1.54) is 17.0 Å². The van der Waals surface area contributed by atoms with Crippen LogP contribution in [0.3, 0.4) is 0 Å². The molecule has 3 rings (SSSR count). The van der Waals surface area contributed by atoms with Gasteiger partial charge in [0.25, 0.3) is 5.91 Å². The van der Waals surface area contributed by atoms with Crippen molar-refractivity contribution in [2.45, 2.75) is 12.8 Å². The molecule has 2 amide bonds. The normalized spacial score (nSPS) is 14.6. The van der Waals surface area contributed by atoms with E-state index in [1.807, 2.05) is 0 Å². The third kappa shape index (κ3) is 4.33. The van der Waals surface area contributed by atoms with Gasteiger partial charge < -0.3 is 25.1 Å². The molecular formula is C20H21FN2O5. The zero-order chi connectivity index (χ0) is 20.3. The number of aromatic hydroxyl groups is 3. The zero-order valence-electron chi connectivity index (χ0n) is 15.1. The van der Waals surface area contributed by atoms with Gasteiger partial charge >= 0.3 is 0 Å². The van der Waals surface area contributed by atoms with Crippen LogP contribution in [0.5, 0.6) is 17.2 Å². The van der Waals surface area contributed by atoms with Crippen molar-refractivity contribution in [3.63, 3.8) is 0 Å². The van der Waals surface area contributed by atoms with Crippen LogP contribution >= 0.6 is 0 Å². The average molecular weight is 388 g/mol. The molecule has 1 saturated heterocycles. The summed E-state index contributed by atoms with van der Waals surface area (Å²) in [5.41, 5.74) is 0.775. The maximum Gasteiger partial charge on any atom is 0.254 e. The molecule has 0 unspecified atom stereocenters. The Morgan fingerprint density at radius 3 is 2.11 bits per heavy atom. The third-order valence-electron chi connectivity index (χ3n) is 4.72. The Hall–Kier alpha value is -3.29. The molecule has 1 aliphatic rings. The number of hydrogen-bond donors (Lipinski definition) is 3. The first-order valence-corrected chi connectivity index (χ1v) is 8.91. The number of carbonyl (C=O) groups excluding carboxylic acids is 2. The maximum absolute atomic E-state index is 13.0. The lowest BCUT2D eigenvalue weighted by atomic mass is 10.1. The predicted octanol–water partition coefficient (Wildman–Crippen LogP) is 1.86. The van der Waals surface area contributed by atoms with Crippen LogP contribution in [0.1, 0.15) is 22.3 Å². The number of amides is 2. The van der Waals surface area contributed by atoms with Crippen molar-refractivity contribution in [1.82, 2.24) is 9.80 Å². The van der Waals surface area contributed by atoms with Crippen molar-refractivity contribution in [1.29, 1.82) is 0 Å². The molecule has 28 heavy (non-hydrogen) atoms. The minimum absolute atomic E-state index is 0.0545. The highest BCUT2D eigenvalue weighted by Gasteiger charge is 2.24. The molecule has 2 aromatic carbocycles. The molecule has 0 aromatic heterocycles. The fraction of sp³-hybridized carbons (Fsp3) is 0.300. The Kier molecular flexibility index (Phi) is 5.67. The number of phenols is 3. The molecule has 1 aliphatic heterocycles. The third-order valence-corrected chi connectivity index (χ3v) is 4.72. The van der Waals surface area contributed by atoms with E-state index in [9.17, 15) is 29.3 Å². The lowest BCUT2D eigenvalue weighted by Crippen LogP contribution is -2.38. The zero-order valence-corrected chi connectivity index (χ0v) is 15.1. The SMILES string of the molecule is O=C(Cc1ccc(F)cc1)N1CCCN(C(=O)c2cc(O)c(O)c(O)c2)CC1. The highest BCUT2D eigenvalue weighted by molar-refractivity contribution is 5.95. The fourth-order valence-corrected chi connectivity index (χ4v) is 3.17. The molecule has 0 spiro atoms. The summed E-state index contributed by atoms with van der Waals surface area (Å²) in [6.45, 7) is 1.57. The highest BCUT2D eigenvalue weighted by Crippen LogP contribution is 2.35. The van der Waals surface area contributed by atoms with Gasteiger partial charge in [-0.25, -0.2) is 4.39 Å². The first kappa shape index (κ1) is 19.5. The van der Waals surface area contributed by atoms with Crippen LogP contribution in [0, 0.1) is 5.82 Å². The highest BCUT2D eigenvalue weighted by atomic mass is 19.1. The summed E-state index contributed by atoms with van der Waals surface area (Å²) in [4.78, 5) is 28.4. The summed E-state index contributed by atoms with van der Waals surface area (Å²) in [7, 11) is 0. The number of halogens is 1. The lowest BCUT2D eigenvalue weighted by molar-refractivity contribution is -0.130. The molecule has 1 heterocycles. The van der Waals surface area contributed by atoms with Gasteiger partial charge in [-0.15, -0.1) is 0 Å². The summed E-state index contributed by atoms with van der Waals surface area (Å²) in [5.74, 6) is -2.68. The Morgan fingerprint density at radius 1 is 0.893 bits per heavy atom. The second kappa shape index (κ2) is 8.16. The molecule has 0 bridgehead atoms. The topological polar surface area (TPSA) is 101 Å². The number of phenolic OH excluding ortho intramolecular Hbond substituents is 3. The van der Waals surface area contributed by atoms with Gasteiger partial charge in [0.05, 0.1) is 6.42 Å². The van der Waals surface area contributed by atoms with E-state index in [1.54, 1.807) is 17.0 Å². The number of carbonyl (C=O) groups is 2. The van der Waals surface area contributed by atoms with Crippen LogP contribution in [-0.2, 0) is 11.2 Å². The summed E-state index contributed by atoms with van der Waals surface area (Å²) in [5, 5.41) is 28.6. The fourth-order valence-electron chi connectivity index (χ4n) is 3.17.